The number of aromatic nitrogens is 1. The highest BCUT2D eigenvalue weighted by atomic mass is 35.5. The highest BCUT2D eigenvalue weighted by Gasteiger charge is 2.21. The highest BCUT2D eigenvalue weighted by Crippen LogP contribution is 2.29. The minimum atomic E-state index is 0.0828. The van der Waals surface area contributed by atoms with E-state index in [-0.39, 0.29) is 5.78 Å². The first-order valence-electron chi connectivity index (χ1n) is 10.8. The van der Waals surface area contributed by atoms with Crippen LogP contribution in [0.25, 0.3) is 10.9 Å². The molecule has 0 amide bonds. The molecule has 0 bridgehead atoms. The summed E-state index contributed by atoms with van der Waals surface area (Å²) < 4.78 is 2.15. The number of carbonyl (C=O) groups is 1. The number of rotatable bonds is 7. The fourth-order valence-electron chi connectivity index (χ4n) is 4.73. The predicted octanol–water partition coefficient (Wildman–Crippen LogP) is 6.50. The van der Waals surface area contributed by atoms with E-state index >= 15 is 0 Å². The molecule has 0 aliphatic carbocycles. The lowest BCUT2D eigenvalue weighted by molar-refractivity contribution is 0.101. The van der Waals surface area contributed by atoms with Crippen LogP contribution >= 0.6 is 23.2 Å². The summed E-state index contributed by atoms with van der Waals surface area (Å²) in [5, 5.41) is 2.54. The Morgan fingerprint density at radius 3 is 2.67 bits per heavy atom. The van der Waals surface area contributed by atoms with Crippen LogP contribution in [0.5, 0.6) is 0 Å². The van der Waals surface area contributed by atoms with Crippen molar-refractivity contribution in [1.82, 2.24) is 9.47 Å². The minimum absolute atomic E-state index is 0.0828. The first-order chi connectivity index (χ1) is 14.5. The zero-order chi connectivity index (χ0) is 21.1. The summed E-state index contributed by atoms with van der Waals surface area (Å²) in [6.45, 7) is 5.81. The zero-order valence-corrected chi connectivity index (χ0v) is 18.9. The molecule has 2 aromatic carbocycles. The Morgan fingerprint density at radius 2 is 1.87 bits per heavy atom. The molecular weight excluding hydrogens is 415 g/mol. The van der Waals surface area contributed by atoms with E-state index in [4.69, 9.17) is 23.2 Å². The number of ketones is 1. The predicted molar refractivity (Wildman–Crippen MR) is 126 cm³/mol. The number of fused-ring (bicyclic) bond motifs is 1. The van der Waals surface area contributed by atoms with E-state index in [1.165, 1.54) is 18.4 Å². The van der Waals surface area contributed by atoms with Gasteiger partial charge < -0.3 is 9.47 Å². The van der Waals surface area contributed by atoms with Crippen LogP contribution in [-0.4, -0.2) is 34.9 Å². The van der Waals surface area contributed by atoms with E-state index in [9.17, 15) is 4.79 Å². The Hall–Kier alpha value is -1.81. The number of para-hydroxylation sites is 1. The SMILES string of the molecule is CC(=O)c1cn(CCCN2CCCC(Cc3ccccc3Cl)C2)c2c(Cl)cccc12. The number of halogens is 2. The van der Waals surface area contributed by atoms with Gasteiger partial charge in [-0.05, 0) is 69.3 Å². The number of nitrogens with zero attached hydrogens (tertiary/aromatic N) is 2. The summed E-state index contributed by atoms with van der Waals surface area (Å²) in [5.41, 5.74) is 2.99. The molecular formula is C25H28Cl2N2O. The largest absolute Gasteiger partial charge is 0.345 e. The van der Waals surface area contributed by atoms with Crippen molar-refractivity contribution >= 4 is 39.9 Å². The molecule has 0 saturated carbocycles. The van der Waals surface area contributed by atoms with Crippen LogP contribution in [0.1, 0.15) is 42.1 Å². The lowest BCUT2D eigenvalue weighted by atomic mass is 9.91. The molecule has 2 heterocycles. The second-order valence-electron chi connectivity index (χ2n) is 8.39. The average Bonchev–Trinajstić information content (AvgIpc) is 3.10. The third-order valence-corrected chi connectivity index (χ3v) is 6.85. The monoisotopic (exact) mass is 442 g/mol. The molecule has 1 aliphatic heterocycles. The molecule has 158 valence electrons. The quantitative estimate of drug-likeness (QED) is 0.390. The molecule has 3 nitrogen and oxygen atoms in total. The molecule has 1 aromatic heterocycles. The van der Waals surface area contributed by atoms with E-state index in [2.05, 4.69) is 21.6 Å². The normalized spacial score (nSPS) is 17.5. The summed E-state index contributed by atoms with van der Waals surface area (Å²) in [6, 6.07) is 14.0. The molecule has 0 N–H and O–H groups in total. The summed E-state index contributed by atoms with van der Waals surface area (Å²) in [6.07, 6.45) is 6.56. The van der Waals surface area contributed by atoms with E-state index in [0.717, 1.165) is 60.5 Å². The fraction of sp³-hybridized carbons (Fsp3) is 0.400. The van der Waals surface area contributed by atoms with Gasteiger partial charge in [-0.3, -0.25) is 4.79 Å². The van der Waals surface area contributed by atoms with Gasteiger partial charge in [-0.25, -0.2) is 0 Å². The van der Waals surface area contributed by atoms with Crippen LogP contribution < -0.4 is 0 Å². The van der Waals surface area contributed by atoms with Gasteiger partial charge in [0.15, 0.2) is 5.78 Å². The lowest BCUT2D eigenvalue weighted by Gasteiger charge is -2.33. The lowest BCUT2D eigenvalue weighted by Crippen LogP contribution is -2.37. The van der Waals surface area contributed by atoms with Gasteiger partial charge >= 0.3 is 0 Å². The van der Waals surface area contributed by atoms with Crippen molar-refractivity contribution in [2.75, 3.05) is 19.6 Å². The topological polar surface area (TPSA) is 25.2 Å². The van der Waals surface area contributed by atoms with Crippen LogP contribution in [0.3, 0.4) is 0 Å². The average molecular weight is 443 g/mol. The van der Waals surface area contributed by atoms with Crippen LogP contribution in [0, 0.1) is 5.92 Å². The molecule has 1 atom stereocenters. The summed E-state index contributed by atoms with van der Waals surface area (Å²) in [4.78, 5) is 14.6. The molecule has 0 radical (unpaired) electrons. The maximum atomic E-state index is 12.0. The van der Waals surface area contributed by atoms with Crippen molar-refractivity contribution in [3.63, 3.8) is 0 Å². The number of carbonyl (C=O) groups excluding carboxylic acids is 1. The number of hydrogen-bond acceptors (Lipinski definition) is 2. The van der Waals surface area contributed by atoms with Crippen molar-refractivity contribution in [3.05, 3.63) is 69.8 Å². The molecule has 1 unspecified atom stereocenters. The van der Waals surface area contributed by atoms with Gasteiger partial charge in [-0.15, -0.1) is 0 Å². The van der Waals surface area contributed by atoms with Gasteiger partial charge in [-0.2, -0.15) is 0 Å². The molecule has 0 spiro atoms. The molecule has 30 heavy (non-hydrogen) atoms. The number of benzene rings is 2. The number of Topliss-reactive ketones (excluding diaryl/α,β-unsaturated/α-hetero) is 1. The second-order valence-corrected chi connectivity index (χ2v) is 9.20. The fourth-order valence-corrected chi connectivity index (χ4v) is 5.23. The van der Waals surface area contributed by atoms with Crippen molar-refractivity contribution in [1.29, 1.82) is 0 Å². The van der Waals surface area contributed by atoms with E-state index in [1.54, 1.807) is 6.92 Å². The minimum Gasteiger partial charge on any atom is -0.345 e. The summed E-state index contributed by atoms with van der Waals surface area (Å²) in [7, 11) is 0. The van der Waals surface area contributed by atoms with Crippen molar-refractivity contribution in [2.45, 2.75) is 39.2 Å². The molecule has 1 saturated heterocycles. The Balaban J connectivity index is 1.37. The van der Waals surface area contributed by atoms with Gasteiger partial charge in [0, 0.05) is 35.3 Å². The van der Waals surface area contributed by atoms with Crippen LogP contribution in [0.15, 0.2) is 48.7 Å². The Morgan fingerprint density at radius 1 is 1.07 bits per heavy atom. The Kier molecular flexibility index (Phi) is 6.82. The van der Waals surface area contributed by atoms with Gasteiger partial charge in [0.1, 0.15) is 0 Å². The highest BCUT2D eigenvalue weighted by molar-refractivity contribution is 6.35. The number of hydrogen-bond donors (Lipinski definition) is 0. The van der Waals surface area contributed by atoms with E-state index in [0.29, 0.717) is 10.9 Å². The van der Waals surface area contributed by atoms with E-state index < -0.39 is 0 Å². The van der Waals surface area contributed by atoms with Crippen LogP contribution in [0.4, 0.5) is 0 Å². The molecule has 5 heteroatoms. The maximum absolute atomic E-state index is 12.0. The van der Waals surface area contributed by atoms with Crippen molar-refractivity contribution in [2.24, 2.45) is 5.92 Å². The van der Waals surface area contributed by atoms with Gasteiger partial charge in [0.05, 0.1) is 10.5 Å². The van der Waals surface area contributed by atoms with Gasteiger partial charge in [-0.1, -0.05) is 53.5 Å². The standard InChI is InChI=1S/C25H28Cl2N2O/c1-18(30)22-17-29(25-21(22)9-4-11-24(25)27)14-6-13-28-12-5-7-19(16-28)15-20-8-2-3-10-23(20)26/h2-4,8-11,17,19H,5-7,12-16H2,1H3. The smallest absolute Gasteiger partial charge is 0.161 e. The first kappa shape index (κ1) is 21.4. The molecule has 4 rings (SSSR count). The number of likely N-dealkylation sites (tertiary alicyclic amines) is 1. The Bertz CT molecular complexity index is 1040. The van der Waals surface area contributed by atoms with Crippen molar-refractivity contribution in [3.8, 4) is 0 Å². The van der Waals surface area contributed by atoms with E-state index in [1.807, 2.05) is 36.5 Å². The third kappa shape index (κ3) is 4.74. The molecule has 1 fully saturated rings. The Labute approximate surface area is 188 Å². The first-order valence-corrected chi connectivity index (χ1v) is 11.5. The second kappa shape index (κ2) is 9.55. The number of piperidine rings is 1. The molecule has 3 aromatic rings. The van der Waals surface area contributed by atoms with Gasteiger partial charge in [0.2, 0.25) is 0 Å². The number of aryl methyl sites for hydroxylation is 1. The van der Waals surface area contributed by atoms with Crippen molar-refractivity contribution < 1.29 is 4.79 Å². The third-order valence-electron chi connectivity index (χ3n) is 6.17. The van der Waals surface area contributed by atoms with Crippen LogP contribution in [-0.2, 0) is 13.0 Å². The summed E-state index contributed by atoms with van der Waals surface area (Å²) >= 11 is 12.8. The molecule has 1 aliphatic rings. The van der Waals surface area contributed by atoms with Gasteiger partial charge in [0.25, 0.3) is 0 Å². The zero-order valence-electron chi connectivity index (χ0n) is 17.4. The summed E-state index contributed by atoms with van der Waals surface area (Å²) in [5.74, 6) is 0.740. The van der Waals surface area contributed by atoms with Crippen LogP contribution in [0.2, 0.25) is 10.0 Å². The maximum Gasteiger partial charge on any atom is 0.161 e.